The molecule has 2 rings (SSSR count). The lowest BCUT2D eigenvalue weighted by Gasteiger charge is -2.12. The van der Waals surface area contributed by atoms with Crippen LogP contribution in [-0.4, -0.2) is 32.6 Å². The van der Waals surface area contributed by atoms with Crippen molar-refractivity contribution in [1.29, 1.82) is 0 Å². The van der Waals surface area contributed by atoms with E-state index in [1.54, 1.807) is 12.1 Å². The van der Waals surface area contributed by atoms with Crippen molar-refractivity contribution in [3.63, 3.8) is 0 Å². The molecule has 0 atom stereocenters. The zero-order valence-corrected chi connectivity index (χ0v) is 15.1. The summed E-state index contributed by atoms with van der Waals surface area (Å²) < 4.78 is 15.5. The van der Waals surface area contributed by atoms with Crippen LogP contribution in [0.1, 0.15) is 37.4 Å². The van der Waals surface area contributed by atoms with Gasteiger partial charge >= 0.3 is 5.97 Å². The highest BCUT2D eigenvalue weighted by Crippen LogP contribution is 2.27. The molecule has 0 aliphatic rings. The molecule has 0 saturated carbocycles. The van der Waals surface area contributed by atoms with Gasteiger partial charge in [-0.15, -0.1) is 0 Å². The number of esters is 1. The second kappa shape index (κ2) is 7.83. The summed E-state index contributed by atoms with van der Waals surface area (Å²) in [6.45, 7) is 5.43. The molecule has 0 amide bonds. The first-order valence-corrected chi connectivity index (χ1v) is 7.87. The quantitative estimate of drug-likeness (QED) is 0.592. The maximum Gasteiger partial charge on any atom is 0.338 e. The van der Waals surface area contributed by atoms with E-state index in [4.69, 9.17) is 14.2 Å². The second-order valence-electron chi connectivity index (χ2n) is 5.84. The van der Waals surface area contributed by atoms with Gasteiger partial charge in [-0.3, -0.25) is 4.79 Å². The summed E-state index contributed by atoms with van der Waals surface area (Å²) in [5.41, 5.74) is 3.75. The van der Waals surface area contributed by atoms with Crippen molar-refractivity contribution in [1.82, 2.24) is 0 Å². The van der Waals surface area contributed by atoms with Gasteiger partial charge in [-0.1, -0.05) is 17.7 Å². The SMILES string of the molecule is COc1ccc(C(=O)OCC(=O)c2c(C)cc(C)cc2C)cc1OC. The molecule has 0 saturated heterocycles. The minimum absolute atomic E-state index is 0.219. The van der Waals surface area contributed by atoms with Crippen LogP contribution in [-0.2, 0) is 4.74 Å². The highest BCUT2D eigenvalue weighted by atomic mass is 16.5. The van der Waals surface area contributed by atoms with E-state index >= 15 is 0 Å². The van der Waals surface area contributed by atoms with Crippen molar-refractivity contribution in [3.8, 4) is 11.5 Å². The van der Waals surface area contributed by atoms with Gasteiger partial charge in [0, 0.05) is 5.56 Å². The minimum atomic E-state index is -0.586. The Morgan fingerprint density at radius 3 is 2.04 bits per heavy atom. The third-order valence-corrected chi connectivity index (χ3v) is 3.91. The smallest absolute Gasteiger partial charge is 0.338 e. The number of methoxy groups -OCH3 is 2. The van der Waals surface area contributed by atoms with Crippen LogP contribution in [0.2, 0.25) is 0 Å². The number of hydrogen-bond acceptors (Lipinski definition) is 5. The number of rotatable bonds is 6. The zero-order valence-electron chi connectivity index (χ0n) is 15.1. The molecule has 0 aliphatic carbocycles. The summed E-state index contributed by atoms with van der Waals surface area (Å²) >= 11 is 0. The highest BCUT2D eigenvalue weighted by molar-refractivity contribution is 6.01. The average Bonchev–Trinajstić information content (AvgIpc) is 2.58. The van der Waals surface area contributed by atoms with Crippen LogP contribution in [0, 0.1) is 20.8 Å². The lowest BCUT2D eigenvalue weighted by molar-refractivity contribution is 0.0474. The maximum atomic E-state index is 12.4. The molecule has 132 valence electrons. The van der Waals surface area contributed by atoms with E-state index < -0.39 is 5.97 Å². The lowest BCUT2D eigenvalue weighted by Crippen LogP contribution is -2.16. The molecule has 0 fully saturated rings. The van der Waals surface area contributed by atoms with Crippen LogP contribution < -0.4 is 9.47 Å². The largest absolute Gasteiger partial charge is 0.493 e. The van der Waals surface area contributed by atoms with Crippen LogP contribution in [0.4, 0.5) is 0 Å². The summed E-state index contributed by atoms with van der Waals surface area (Å²) in [6, 6.07) is 8.59. The fourth-order valence-corrected chi connectivity index (χ4v) is 2.87. The Morgan fingerprint density at radius 1 is 0.880 bits per heavy atom. The van der Waals surface area contributed by atoms with E-state index in [0.717, 1.165) is 16.7 Å². The number of ether oxygens (including phenoxy) is 3. The topological polar surface area (TPSA) is 61.8 Å². The number of aryl methyl sites for hydroxylation is 3. The third-order valence-electron chi connectivity index (χ3n) is 3.91. The summed E-state index contributed by atoms with van der Waals surface area (Å²) in [5.74, 6) is 0.134. The van der Waals surface area contributed by atoms with E-state index in [2.05, 4.69) is 0 Å². The van der Waals surface area contributed by atoms with Gasteiger partial charge in [0.2, 0.25) is 5.78 Å². The molecule has 0 spiro atoms. The number of Topliss-reactive ketones (excluding diaryl/α,β-unsaturated/α-hetero) is 1. The Labute approximate surface area is 147 Å². The van der Waals surface area contributed by atoms with Crippen molar-refractivity contribution >= 4 is 11.8 Å². The number of carbonyl (C=O) groups excluding carboxylic acids is 2. The van der Waals surface area contributed by atoms with Crippen molar-refractivity contribution < 1.29 is 23.8 Å². The highest BCUT2D eigenvalue weighted by Gasteiger charge is 2.17. The Morgan fingerprint density at radius 2 is 1.48 bits per heavy atom. The Bertz CT molecular complexity index is 785. The van der Waals surface area contributed by atoms with Crippen LogP contribution in [0.3, 0.4) is 0 Å². The number of benzene rings is 2. The average molecular weight is 342 g/mol. The molecule has 0 heterocycles. The predicted octanol–water partition coefficient (Wildman–Crippen LogP) is 3.67. The molecule has 0 N–H and O–H groups in total. The van der Waals surface area contributed by atoms with Gasteiger partial charge in [-0.05, 0) is 50.1 Å². The van der Waals surface area contributed by atoms with Crippen LogP contribution in [0.5, 0.6) is 11.5 Å². The van der Waals surface area contributed by atoms with E-state index in [0.29, 0.717) is 22.6 Å². The molecule has 0 aromatic heterocycles. The minimum Gasteiger partial charge on any atom is -0.493 e. The Balaban J connectivity index is 2.11. The van der Waals surface area contributed by atoms with Gasteiger partial charge in [0.1, 0.15) is 0 Å². The van der Waals surface area contributed by atoms with E-state index in [-0.39, 0.29) is 12.4 Å². The molecule has 5 heteroatoms. The second-order valence-corrected chi connectivity index (χ2v) is 5.84. The fourth-order valence-electron chi connectivity index (χ4n) is 2.87. The molecule has 0 bridgehead atoms. The van der Waals surface area contributed by atoms with Gasteiger partial charge in [0.05, 0.1) is 19.8 Å². The van der Waals surface area contributed by atoms with Gasteiger partial charge in [0.25, 0.3) is 0 Å². The maximum absolute atomic E-state index is 12.4. The van der Waals surface area contributed by atoms with Crippen molar-refractivity contribution in [3.05, 3.63) is 58.1 Å². The fraction of sp³-hybridized carbons (Fsp3) is 0.300. The summed E-state index contributed by atoms with van der Waals surface area (Å²) in [6.07, 6.45) is 0. The van der Waals surface area contributed by atoms with Gasteiger partial charge < -0.3 is 14.2 Å². The first kappa shape index (κ1) is 18.5. The normalized spacial score (nSPS) is 10.3. The molecule has 0 unspecified atom stereocenters. The molecular formula is C20H22O5. The molecular weight excluding hydrogens is 320 g/mol. The number of hydrogen-bond donors (Lipinski definition) is 0. The Hall–Kier alpha value is -2.82. The van der Waals surface area contributed by atoms with Crippen LogP contribution in [0.25, 0.3) is 0 Å². The summed E-state index contributed by atoms with van der Waals surface area (Å²) in [5, 5.41) is 0. The molecule has 0 aliphatic heterocycles. The van der Waals surface area contributed by atoms with Gasteiger partial charge in [-0.25, -0.2) is 4.79 Å². The van der Waals surface area contributed by atoms with Gasteiger partial charge in [-0.2, -0.15) is 0 Å². The van der Waals surface area contributed by atoms with Crippen LogP contribution >= 0.6 is 0 Å². The monoisotopic (exact) mass is 342 g/mol. The molecule has 2 aromatic rings. The van der Waals surface area contributed by atoms with E-state index in [9.17, 15) is 9.59 Å². The summed E-state index contributed by atoms with van der Waals surface area (Å²) in [7, 11) is 3.00. The first-order chi connectivity index (χ1) is 11.9. The Kier molecular flexibility index (Phi) is 5.80. The third kappa shape index (κ3) is 4.18. The van der Waals surface area contributed by atoms with Crippen molar-refractivity contribution in [2.45, 2.75) is 20.8 Å². The van der Waals surface area contributed by atoms with Crippen LogP contribution in [0.15, 0.2) is 30.3 Å². The van der Waals surface area contributed by atoms with Crippen molar-refractivity contribution in [2.24, 2.45) is 0 Å². The first-order valence-electron chi connectivity index (χ1n) is 7.87. The van der Waals surface area contributed by atoms with Crippen molar-refractivity contribution in [2.75, 3.05) is 20.8 Å². The predicted molar refractivity (Wildman–Crippen MR) is 94.8 cm³/mol. The molecule has 25 heavy (non-hydrogen) atoms. The summed E-state index contributed by atoms with van der Waals surface area (Å²) in [4.78, 5) is 24.6. The molecule has 0 radical (unpaired) electrons. The van der Waals surface area contributed by atoms with Gasteiger partial charge in [0.15, 0.2) is 18.1 Å². The molecule has 2 aromatic carbocycles. The standard InChI is InChI=1S/C20H22O5/c1-12-8-13(2)19(14(3)9-12)16(21)11-25-20(22)15-6-7-17(23-4)18(10-15)24-5/h6-10H,11H2,1-5H3. The number of ketones is 1. The van der Waals surface area contributed by atoms with E-state index in [1.165, 1.54) is 20.3 Å². The number of carbonyl (C=O) groups is 2. The lowest BCUT2D eigenvalue weighted by atomic mass is 9.97. The zero-order chi connectivity index (χ0) is 18.6. The molecule has 5 nitrogen and oxygen atoms in total. The van der Waals surface area contributed by atoms with E-state index in [1.807, 2.05) is 32.9 Å².